The Balaban J connectivity index is 1.68. The van der Waals surface area contributed by atoms with Crippen molar-refractivity contribution in [2.24, 2.45) is 11.8 Å². The number of aliphatic hydroxyl groups is 1. The highest BCUT2D eigenvalue weighted by Gasteiger charge is 2.69. The van der Waals surface area contributed by atoms with E-state index in [9.17, 15) is 14.7 Å². The minimum absolute atomic E-state index is 0.164. The molecule has 0 aromatic heterocycles. The minimum atomic E-state index is -0.948. The van der Waals surface area contributed by atoms with Gasteiger partial charge < -0.3 is 5.11 Å². The van der Waals surface area contributed by atoms with E-state index in [4.69, 9.17) is 0 Å². The van der Waals surface area contributed by atoms with Crippen LogP contribution >= 0.6 is 0 Å². The van der Waals surface area contributed by atoms with Crippen molar-refractivity contribution >= 4 is 17.5 Å². The number of hydrogen-bond donors (Lipinski definition) is 1. The molecule has 3 aliphatic carbocycles. The number of aliphatic hydroxyl groups excluding tert-OH is 1. The molecule has 7 rings (SSSR count). The Morgan fingerprint density at radius 3 is 1.97 bits per heavy atom. The Hall–Kier alpha value is -3.24. The van der Waals surface area contributed by atoms with Gasteiger partial charge in [-0.2, -0.15) is 0 Å². The van der Waals surface area contributed by atoms with Gasteiger partial charge in [-0.3, -0.25) is 9.59 Å². The highest BCUT2D eigenvalue weighted by atomic mass is 16.3. The second-order valence-electron chi connectivity index (χ2n) is 9.00. The van der Waals surface area contributed by atoms with Crippen molar-refractivity contribution in [3.63, 3.8) is 0 Å². The zero-order chi connectivity index (χ0) is 21.5. The van der Waals surface area contributed by atoms with Gasteiger partial charge in [0.15, 0.2) is 0 Å². The van der Waals surface area contributed by atoms with Crippen molar-refractivity contribution in [1.29, 1.82) is 0 Å². The van der Waals surface area contributed by atoms with Gasteiger partial charge >= 0.3 is 0 Å². The fourth-order valence-corrected chi connectivity index (χ4v) is 6.59. The van der Waals surface area contributed by atoms with Crippen LogP contribution in [-0.2, 0) is 15.0 Å². The predicted octanol–water partition coefficient (Wildman–Crippen LogP) is 3.93. The molecule has 3 aromatic rings. The molecule has 4 nitrogen and oxygen atoms in total. The molecule has 4 aliphatic rings. The Bertz CT molecular complexity index is 1210. The van der Waals surface area contributed by atoms with E-state index < -0.39 is 23.4 Å². The Morgan fingerprint density at radius 2 is 1.39 bits per heavy atom. The molecule has 0 spiro atoms. The molecule has 0 saturated carbocycles. The van der Waals surface area contributed by atoms with Crippen LogP contribution in [0.2, 0.25) is 0 Å². The lowest BCUT2D eigenvalue weighted by atomic mass is 9.46. The molecule has 0 unspecified atom stereocenters. The molecule has 3 aromatic carbocycles. The molecular weight excluding hydrogens is 386 g/mol. The van der Waals surface area contributed by atoms with Crippen LogP contribution < -0.4 is 4.90 Å². The summed E-state index contributed by atoms with van der Waals surface area (Å²) in [5.74, 6) is -1.72. The summed E-state index contributed by atoms with van der Waals surface area (Å²) in [6, 6.07) is 23.5. The van der Waals surface area contributed by atoms with Crippen molar-refractivity contribution in [2.75, 3.05) is 4.90 Å². The SMILES string of the molecule is Cc1ccccc1N1C(=O)[C@@H]2C3c4ccccc4C([C@@H](C)O)(c4ccccc43)[C@@H]2C1=O. The number of benzene rings is 3. The molecule has 1 fully saturated rings. The van der Waals surface area contributed by atoms with Gasteiger partial charge in [-0.05, 0) is 47.7 Å². The Labute approximate surface area is 181 Å². The van der Waals surface area contributed by atoms with E-state index in [1.807, 2.05) is 67.6 Å². The van der Waals surface area contributed by atoms with Gasteiger partial charge in [0, 0.05) is 5.92 Å². The summed E-state index contributed by atoms with van der Waals surface area (Å²) in [5, 5.41) is 11.3. The number of nitrogens with zero attached hydrogens (tertiary/aromatic N) is 1. The molecule has 2 bridgehead atoms. The smallest absolute Gasteiger partial charge is 0.239 e. The highest BCUT2D eigenvalue weighted by molar-refractivity contribution is 6.24. The molecule has 1 aliphatic heterocycles. The summed E-state index contributed by atoms with van der Waals surface area (Å²) in [6.07, 6.45) is -0.836. The quantitative estimate of drug-likeness (QED) is 0.653. The lowest BCUT2D eigenvalue weighted by Crippen LogP contribution is -2.58. The fraction of sp³-hybridized carbons (Fsp3) is 0.259. The van der Waals surface area contributed by atoms with Crippen LogP contribution in [0, 0.1) is 18.8 Å². The highest BCUT2D eigenvalue weighted by Crippen LogP contribution is 2.65. The molecule has 1 N–H and O–H groups in total. The minimum Gasteiger partial charge on any atom is -0.392 e. The molecular formula is C27H23NO3. The van der Waals surface area contributed by atoms with Crippen LogP contribution in [0.1, 0.15) is 40.7 Å². The number of para-hydroxylation sites is 1. The number of carbonyl (C=O) groups excluding carboxylic acids is 2. The van der Waals surface area contributed by atoms with Crippen LogP contribution in [0.25, 0.3) is 0 Å². The number of anilines is 1. The van der Waals surface area contributed by atoms with Crippen molar-refractivity contribution in [1.82, 2.24) is 0 Å². The normalized spacial score (nSPS) is 28.9. The molecule has 31 heavy (non-hydrogen) atoms. The summed E-state index contributed by atoms with van der Waals surface area (Å²) >= 11 is 0. The average molecular weight is 409 g/mol. The number of rotatable bonds is 2. The largest absolute Gasteiger partial charge is 0.392 e. The molecule has 154 valence electrons. The third kappa shape index (κ3) is 2.04. The lowest BCUT2D eigenvalue weighted by Gasteiger charge is -2.55. The zero-order valence-corrected chi connectivity index (χ0v) is 17.4. The van der Waals surface area contributed by atoms with Gasteiger partial charge in [-0.15, -0.1) is 0 Å². The third-order valence-electron chi connectivity index (χ3n) is 7.70. The maximum Gasteiger partial charge on any atom is 0.239 e. The first-order valence-corrected chi connectivity index (χ1v) is 10.8. The van der Waals surface area contributed by atoms with Gasteiger partial charge in [0.05, 0.1) is 29.0 Å². The van der Waals surface area contributed by atoms with Gasteiger partial charge in [-0.25, -0.2) is 4.90 Å². The first-order valence-electron chi connectivity index (χ1n) is 10.8. The van der Waals surface area contributed by atoms with Crippen molar-refractivity contribution in [2.45, 2.75) is 31.3 Å². The van der Waals surface area contributed by atoms with Gasteiger partial charge in [-0.1, -0.05) is 66.7 Å². The molecule has 1 saturated heterocycles. The van der Waals surface area contributed by atoms with Crippen molar-refractivity contribution < 1.29 is 14.7 Å². The van der Waals surface area contributed by atoms with Crippen molar-refractivity contribution in [3.05, 3.63) is 101 Å². The number of carbonyl (C=O) groups is 2. The zero-order valence-electron chi connectivity index (χ0n) is 17.4. The second-order valence-corrected chi connectivity index (χ2v) is 9.00. The molecule has 0 radical (unpaired) electrons. The van der Waals surface area contributed by atoms with Crippen LogP contribution in [0.15, 0.2) is 72.8 Å². The van der Waals surface area contributed by atoms with E-state index in [0.717, 1.165) is 27.8 Å². The topological polar surface area (TPSA) is 57.6 Å². The van der Waals surface area contributed by atoms with Crippen LogP contribution in [0.4, 0.5) is 5.69 Å². The Morgan fingerprint density at radius 1 is 0.839 bits per heavy atom. The summed E-state index contributed by atoms with van der Waals surface area (Å²) in [6.45, 7) is 3.67. The van der Waals surface area contributed by atoms with Crippen LogP contribution in [-0.4, -0.2) is 23.0 Å². The van der Waals surface area contributed by atoms with Crippen LogP contribution in [0.3, 0.4) is 0 Å². The third-order valence-corrected chi connectivity index (χ3v) is 7.70. The van der Waals surface area contributed by atoms with E-state index in [1.165, 1.54) is 4.90 Å². The first kappa shape index (κ1) is 18.5. The van der Waals surface area contributed by atoms with Gasteiger partial charge in [0.2, 0.25) is 11.8 Å². The number of imide groups is 1. The predicted molar refractivity (Wildman–Crippen MR) is 118 cm³/mol. The number of aryl methyl sites for hydroxylation is 1. The molecule has 1 heterocycles. The second kappa shape index (κ2) is 6.14. The van der Waals surface area contributed by atoms with E-state index in [-0.39, 0.29) is 17.7 Å². The van der Waals surface area contributed by atoms with E-state index in [1.54, 1.807) is 6.92 Å². The summed E-state index contributed by atoms with van der Waals surface area (Å²) < 4.78 is 0. The van der Waals surface area contributed by atoms with Crippen LogP contribution in [0.5, 0.6) is 0 Å². The summed E-state index contributed by atoms with van der Waals surface area (Å²) in [4.78, 5) is 29.3. The summed E-state index contributed by atoms with van der Waals surface area (Å²) in [5.41, 5.74) is 4.63. The fourth-order valence-electron chi connectivity index (χ4n) is 6.59. The van der Waals surface area contributed by atoms with Gasteiger partial charge in [0.1, 0.15) is 0 Å². The number of hydrogen-bond acceptors (Lipinski definition) is 3. The molecule has 3 atom stereocenters. The first-order chi connectivity index (χ1) is 15.0. The van der Waals surface area contributed by atoms with Crippen molar-refractivity contribution in [3.8, 4) is 0 Å². The molecule has 2 amide bonds. The van der Waals surface area contributed by atoms with E-state index in [0.29, 0.717) is 5.69 Å². The molecule has 4 heteroatoms. The maximum absolute atomic E-state index is 14.0. The standard InChI is InChI=1S/C27H23NO3/c1-15-9-3-8-14-21(15)28-25(30)23-22-17-10-4-6-12-19(17)27(16(2)29,24(23)26(28)31)20-13-7-5-11-18(20)22/h3-14,16,22-24,29H,1-2H3/t16-,22?,23-,24+,27?/m1/s1. The Kier molecular flexibility index (Phi) is 3.67. The average Bonchev–Trinajstić information content (AvgIpc) is 3.05. The van der Waals surface area contributed by atoms with E-state index in [2.05, 4.69) is 12.1 Å². The van der Waals surface area contributed by atoms with E-state index >= 15 is 0 Å². The maximum atomic E-state index is 14.0. The lowest BCUT2D eigenvalue weighted by molar-refractivity contribution is -0.126. The number of amides is 2. The monoisotopic (exact) mass is 409 g/mol. The summed E-state index contributed by atoms with van der Waals surface area (Å²) in [7, 11) is 0. The van der Waals surface area contributed by atoms with Gasteiger partial charge in [0.25, 0.3) is 0 Å².